The van der Waals surface area contributed by atoms with Gasteiger partial charge in [-0.05, 0) is 49.8 Å². The summed E-state index contributed by atoms with van der Waals surface area (Å²) in [5.74, 6) is -0.287. The Morgan fingerprint density at radius 3 is 2.32 bits per heavy atom. The van der Waals surface area contributed by atoms with E-state index >= 15 is 0 Å². The lowest BCUT2D eigenvalue weighted by molar-refractivity contribution is -0.131. The second kappa shape index (κ2) is 10.6. The second-order valence-corrected chi connectivity index (χ2v) is 7.71. The summed E-state index contributed by atoms with van der Waals surface area (Å²) in [6, 6.07) is 7.56. The van der Waals surface area contributed by atoms with E-state index in [0.717, 1.165) is 6.08 Å². The van der Waals surface area contributed by atoms with Crippen LogP contribution >= 0.6 is 0 Å². The standard InChI is InChI=1S/C21H25NO8S/c1-5-29-15-8-9-17(30-6-2)16(13-15)22-31(25,26)19-12-14(7-10-20(23)24)11-18(27-3)21(19)28-4/h7-13,22H,5-6H2,1-4H3,(H,23,24)/b10-7+. The molecule has 0 aliphatic carbocycles. The number of anilines is 1. The molecule has 0 bridgehead atoms. The summed E-state index contributed by atoms with van der Waals surface area (Å²) in [6.45, 7) is 4.33. The molecule has 2 N–H and O–H groups in total. The Kier molecular flexibility index (Phi) is 8.14. The van der Waals surface area contributed by atoms with E-state index in [9.17, 15) is 13.2 Å². The van der Waals surface area contributed by atoms with Crippen LogP contribution in [0.2, 0.25) is 0 Å². The van der Waals surface area contributed by atoms with E-state index in [-0.39, 0.29) is 22.1 Å². The minimum absolute atomic E-state index is 0.0265. The Balaban J connectivity index is 2.60. The number of benzene rings is 2. The van der Waals surface area contributed by atoms with Crippen LogP contribution in [-0.2, 0) is 14.8 Å². The van der Waals surface area contributed by atoms with Gasteiger partial charge in [0.15, 0.2) is 11.5 Å². The number of carbonyl (C=O) groups is 1. The van der Waals surface area contributed by atoms with Crippen LogP contribution in [0.4, 0.5) is 5.69 Å². The minimum atomic E-state index is -4.19. The van der Waals surface area contributed by atoms with Crippen molar-refractivity contribution >= 4 is 27.8 Å². The van der Waals surface area contributed by atoms with Crippen LogP contribution in [0.15, 0.2) is 41.3 Å². The zero-order valence-corrected chi connectivity index (χ0v) is 18.5. The van der Waals surface area contributed by atoms with Gasteiger partial charge in [0.25, 0.3) is 10.0 Å². The van der Waals surface area contributed by atoms with E-state index in [2.05, 4.69) is 4.72 Å². The maximum Gasteiger partial charge on any atom is 0.328 e. The number of ether oxygens (including phenoxy) is 4. The molecule has 0 heterocycles. The van der Waals surface area contributed by atoms with Gasteiger partial charge in [-0.25, -0.2) is 13.2 Å². The van der Waals surface area contributed by atoms with Gasteiger partial charge in [0.2, 0.25) is 0 Å². The average Bonchev–Trinajstić information content (AvgIpc) is 2.73. The molecule has 2 aromatic rings. The molecule has 2 aromatic carbocycles. The number of carboxylic acids is 1. The normalized spacial score (nSPS) is 11.2. The molecule has 0 radical (unpaired) electrons. The monoisotopic (exact) mass is 451 g/mol. The highest BCUT2D eigenvalue weighted by Crippen LogP contribution is 2.38. The van der Waals surface area contributed by atoms with Crippen molar-refractivity contribution in [3.05, 3.63) is 42.0 Å². The molecule has 0 unspecified atom stereocenters. The van der Waals surface area contributed by atoms with Gasteiger partial charge in [0.1, 0.15) is 16.4 Å². The zero-order valence-electron chi connectivity index (χ0n) is 17.7. The number of hydrogen-bond donors (Lipinski definition) is 2. The van der Waals surface area contributed by atoms with Crippen molar-refractivity contribution < 1.29 is 37.3 Å². The molecule has 2 rings (SSSR count). The molecule has 31 heavy (non-hydrogen) atoms. The first kappa shape index (κ1) is 23.9. The third-order valence-corrected chi connectivity index (χ3v) is 5.35. The largest absolute Gasteiger partial charge is 0.494 e. The molecule has 0 saturated carbocycles. The molecular weight excluding hydrogens is 426 g/mol. The number of methoxy groups -OCH3 is 2. The highest BCUT2D eigenvalue weighted by molar-refractivity contribution is 7.92. The van der Waals surface area contributed by atoms with Crippen molar-refractivity contribution in [2.24, 2.45) is 0 Å². The summed E-state index contributed by atoms with van der Waals surface area (Å²) >= 11 is 0. The Morgan fingerprint density at radius 1 is 1.03 bits per heavy atom. The van der Waals surface area contributed by atoms with Crippen LogP contribution in [0.25, 0.3) is 6.08 Å². The summed E-state index contributed by atoms with van der Waals surface area (Å²) in [7, 11) is -1.53. The number of aliphatic carboxylic acids is 1. The lowest BCUT2D eigenvalue weighted by atomic mass is 10.2. The van der Waals surface area contributed by atoms with Crippen molar-refractivity contribution in [1.82, 2.24) is 0 Å². The third kappa shape index (κ3) is 6.05. The Hall–Kier alpha value is -3.40. The van der Waals surface area contributed by atoms with Crippen molar-refractivity contribution in [2.45, 2.75) is 18.7 Å². The maximum atomic E-state index is 13.3. The molecule has 0 aromatic heterocycles. The molecule has 0 saturated heterocycles. The first-order chi connectivity index (χ1) is 14.7. The molecule has 0 spiro atoms. The van der Waals surface area contributed by atoms with Crippen LogP contribution in [0.1, 0.15) is 19.4 Å². The molecule has 0 aliphatic rings. The first-order valence-corrected chi connectivity index (χ1v) is 10.8. The van der Waals surface area contributed by atoms with Crippen molar-refractivity contribution in [1.29, 1.82) is 0 Å². The van der Waals surface area contributed by atoms with E-state index in [1.165, 1.54) is 38.5 Å². The summed E-state index contributed by atoms with van der Waals surface area (Å²) in [5.41, 5.74) is 0.480. The predicted molar refractivity (Wildman–Crippen MR) is 116 cm³/mol. The fourth-order valence-electron chi connectivity index (χ4n) is 2.74. The van der Waals surface area contributed by atoms with Gasteiger partial charge in [0.05, 0.1) is 33.1 Å². The quantitative estimate of drug-likeness (QED) is 0.499. The van der Waals surface area contributed by atoms with Crippen molar-refractivity contribution in [2.75, 3.05) is 32.2 Å². The van der Waals surface area contributed by atoms with E-state index in [0.29, 0.717) is 30.3 Å². The number of hydrogen-bond acceptors (Lipinski definition) is 7. The molecular formula is C21H25NO8S. The molecule has 0 fully saturated rings. The maximum absolute atomic E-state index is 13.3. The summed E-state index contributed by atoms with van der Waals surface area (Å²) < 4.78 is 50.6. The van der Waals surface area contributed by atoms with Gasteiger partial charge in [-0.2, -0.15) is 0 Å². The lowest BCUT2D eigenvalue weighted by Crippen LogP contribution is -2.16. The topological polar surface area (TPSA) is 120 Å². The van der Waals surface area contributed by atoms with E-state index in [1.54, 1.807) is 19.1 Å². The average molecular weight is 451 g/mol. The predicted octanol–water partition coefficient (Wildman–Crippen LogP) is 3.40. The van der Waals surface area contributed by atoms with Crippen molar-refractivity contribution in [3.63, 3.8) is 0 Å². The molecule has 10 heteroatoms. The second-order valence-electron chi connectivity index (χ2n) is 6.06. The van der Waals surface area contributed by atoms with Gasteiger partial charge in [-0.15, -0.1) is 0 Å². The van der Waals surface area contributed by atoms with Crippen LogP contribution in [0.3, 0.4) is 0 Å². The van der Waals surface area contributed by atoms with E-state index in [1.807, 2.05) is 6.92 Å². The highest BCUT2D eigenvalue weighted by Gasteiger charge is 2.25. The highest BCUT2D eigenvalue weighted by atomic mass is 32.2. The van der Waals surface area contributed by atoms with Gasteiger partial charge in [-0.3, -0.25) is 4.72 Å². The Morgan fingerprint density at radius 2 is 1.74 bits per heavy atom. The van der Waals surface area contributed by atoms with E-state index in [4.69, 9.17) is 24.1 Å². The zero-order chi connectivity index (χ0) is 23.0. The van der Waals surface area contributed by atoms with Crippen molar-refractivity contribution in [3.8, 4) is 23.0 Å². The number of rotatable bonds is 11. The van der Waals surface area contributed by atoms with Crippen LogP contribution in [0.5, 0.6) is 23.0 Å². The summed E-state index contributed by atoms with van der Waals surface area (Å²) in [5, 5.41) is 8.88. The Bertz CT molecular complexity index is 1060. The molecule has 0 aliphatic heterocycles. The number of sulfonamides is 1. The Labute approximate surface area is 181 Å². The van der Waals surface area contributed by atoms with E-state index < -0.39 is 16.0 Å². The van der Waals surface area contributed by atoms with Crippen LogP contribution in [-0.4, -0.2) is 46.9 Å². The molecule has 9 nitrogen and oxygen atoms in total. The minimum Gasteiger partial charge on any atom is -0.494 e. The van der Waals surface area contributed by atoms with Gasteiger partial charge in [0, 0.05) is 12.1 Å². The summed E-state index contributed by atoms with van der Waals surface area (Å²) in [6.07, 6.45) is 2.15. The van der Waals surface area contributed by atoms with Gasteiger partial charge in [-0.1, -0.05) is 0 Å². The van der Waals surface area contributed by atoms with Gasteiger partial charge >= 0.3 is 5.97 Å². The fourth-order valence-corrected chi connectivity index (χ4v) is 4.02. The smallest absolute Gasteiger partial charge is 0.328 e. The summed E-state index contributed by atoms with van der Waals surface area (Å²) in [4.78, 5) is 10.6. The third-order valence-electron chi connectivity index (χ3n) is 3.98. The SMILES string of the molecule is CCOc1ccc(OCC)c(NS(=O)(=O)c2cc(/C=C/C(=O)O)cc(OC)c2OC)c1. The van der Waals surface area contributed by atoms with Gasteiger partial charge < -0.3 is 24.1 Å². The molecule has 0 atom stereocenters. The fraction of sp³-hybridized carbons (Fsp3) is 0.286. The number of carboxylic acid groups (broad SMARTS) is 1. The first-order valence-electron chi connectivity index (χ1n) is 9.35. The molecule has 0 amide bonds. The number of nitrogens with one attached hydrogen (secondary N) is 1. The lowest BCUT2D eigenvalue weighted by Gasteiger charge is -2.17. The van der Waals surface area contributed by atoms with Crippen LogP contribution < -0.4 is 23.7 Å². The van der Waals surface area contributed by atoms with Crippen LogP contribution in [0, 0.1) is 0 Å². The molecule has 168 valence electrons.